The first-order valence-electron chi connectivity index (χ1n) is 11.3. The van der Waals surface area contributed by atoms with Crippen LogP contribution in [0.2, 0.25) is 0 Å². The average Bonchev–Trinajstić information content (AvgIpc) is 3.31. The zero-order chi connectivity index (χ0) is 21.1. The van der Waals surface area contributed by atoms with E-state index in [4.69, 9.17) is 9.47 Å². The first kappa shape index (κ1) is 19.9. The highest BCUT2D eigenvalue weighted by Gasteiger charge is 2.69. The molecule has 30 heavy (non-hydrogen) atoms. The predicted octanol–water partition coefficient (Wildman–Crippen LogP) is 3.27. The number of amides is 1. The zero-order valence-corrected chi connectivity index (χ0v) is 18.3. The summed E-state index contributed by atoms with van der Waals surface area (Å²) in [5, 5.41) is 0. The van der Waals surface area contributed by atoms with Gasteiger partial charge in [0.05, 0.1) is 26.3 Å². The van der Waals surface area contributed by atoms with Gasteiger partial charge in [-0.3, -0.25) is 14.5 Å². The van der Waals surface area contributed by atoms with Gasteiger partial charge in [0.2, 0.25) is 5.91 Å². The monoisotopic (exact) mass is 412 g/mol. The molecule has 4 aliphatic rings. The summed E-state index contributed by atoms with van der Waals surface area (Å²) in [4.78, 5) is 30.4. The molecule has 1 aromatic rings. The van der Waals surface area contributed by atoms with Crippen molar-refractivity contribution in [1.29, 1.82) is 0 Å². The Morgan fingerprint density at radius 3 is 2.73 bits per heavy atom. The molecule has 1 spiro atoms. The van der Waals surface area contributed by atoms with Crippen LogP contribution in [0, 0.1) is 5.41 Å². The predicted molar refractivity (Wildman–Crippen MR) is 114 cm³/mol. The van der Waals surface area contributed by atoms with E-state index in [1.165, 1.54) is 12.7 Å². The lowest BCUT2D eigenvalue weighted by molar-refractivity contribution is -0.148. The van der Waals surface area contributed by atoms with Gasteiger partial charge in [0.1, 0.15) is 5.75 Å². The van der Waals surface area contributed by atoms with E-state index < -0.39 is 0 Å². The number of carbonyl (C=O) groups is 2. The first-order chi connectivity index (χ1) is 14.5. The minimum Gasteiger partial charge on any atom is -0.495 e. The fourth-order valence-electron chi connectivity index (χ4n) is 7.55. The maximum absolute atomic E-state index is 13.2. The molecule has 2 saturated heterocycles. The topological polar surface area (TPSA) is 59.1 Å². The second kappa shape index (κ2) is 6.98. The Bertz CT molecular complexity index is 886. The van der Waals surface area contributed by atoms with E-state index in [0.717, 1.165) is 56.6 Å². The van der Waals surface area contributed by atoms with Crippen LogP contribution in [0.4, 0.5) is 5.69 Å². The van der Waals surface area contributed by atoms with Crippen molar-refractivity contribution < 1.29 is 19.1 Å². The third kappa shape index (κ3) is 2.40. The molecule has 3 aliphatic heterocycles. The maximum Gasteiger partial charge on any atom is 0.306 e. The second-order valence-electron chi connectivity index (χ2n) is 9.48. The van der Waals surface area contributed by atoms with Crippen LogP contribution in [-0.2, 0) is 19.7 Å². The third-order valence-corrected chi connectivity index (χ3v) is 8.44. The van der Waals surface area contributed by atoms with Crippen molar-refractivity contribution in [2.24, 2.45) is 5.41 Å². The van der Waals surface area contributed by atoms with Gasteiger partial charge in [0, 0.05) is 23.9 Å². The highest BCUT2D eigenvalue weighted by atomic mass is 16.5. The molecule has 162 valence electrons. The summed E-state index contributed by atoms with van der Waals surface area (Å²) < 4.78 is 10.9. The van der Waals surface area contributed by atoms with Crippen molar-refractivity contribution in [3.63, 3.8) is 0 Å². The van der Waals surface area contributed by atoms with Crippen LogP contribution in [0.25, 0.3) is 0 Å². The summed E-state index contributed by atoms with van der Waals surface area (Å²) in [6.45, 7) is 4.03. The summed E-state index contributed by atoms with van der Waals surface area (Å²) in [6.07, 6.45) is 6.03. The average molecular weight is 413 g/mol. The molecule has 1 amide bonds. The molecule has 6 nitrogen and oxygen atoms in total. The molecule has 0 aromatic heterocycles. The van der Waals surface area contributed by atoms with Crippen LogP contribution in [0.5, 0.6) is 5.75 Å². The summed E-state index contributed by atoms with van der Waals surface area (Å²) >= 11 is 0. The largest absolute Gasteiger partial charge is 0.495 e. The number of rotatable bonds is 4. The highest BCUT2D eigenvalue weighted by molar-refractivity contribution is 5.99. The number of nitrogens with zero attached hydrogens (tertiary/aromatic N) is 2. The molecule has 1 saturated carbocycles. The van der Waals surface area contributed by atoms with E-state index in [9.17, 15) is 9.59 Å². The minimum atomic E-state index is -0.138. The summed E-state index contributed by atoms with van der Waals surface area (Å²) in [7, 11) is 3.18. The number of piperidine rings is 1. The van der Waals surface area contributed by atoms with E-state index in [2.05, 4.69) is 21.9 Å². The number of fused-ring (bicyclic) bond motifs is 1. The van der Waals surface area contributed by atoms with E-state index in [-0.39, 0.29) is 34.8 Å². The van der Waals surface area contributed by atoms with Crippen LogP contribution in [0.1, 0.15) is 57.4 Å². The molecule has 1 aromatic carbocycles. The lowest BCUT2D eigenvalue weighted by Gasteiger charge is -2.58. The van der Waals surface area contributed by atoms with Gasteiger partial charge >= 0.3 is 5.97 Å². The minimum absolute atomic E-state index is 0.0794. The summed E-state index contributed by atoms with van der Waals surface area (Å²) in [6, 6.07) is 6.64. The van der Waals surface area contributed by atoms with Crippen molar-refractivity contribution in [1.82, 2.24) is 4.90 Å². The molecular weight excluding hydrogens is 380 g/mol. The Labute approximate surface area is 178 Å². The molecular formula is C24H32N2O4. The van der Waals surface area contributed by atoms with Gasteiger partial charge in [0.25, 0.3) is 0 Å². The molecule has 1 aliphatic carbocycles. The number of anilines is 1. The van der Waals surface area contributed by atoms with E-state index >= 15 is 0 Å². The number of hydrogen-bond acceptors (Lipinski definition) is 5. The Balaban J connectivity index is 1.71. The molecule has 5 rings (SSSR count). The number of hydrogen-bond donors (Lipinski definition) is 0. The van der Waals surface area contributed by atoms with Gasteiger partial charge < -0.3 is 14.4 Å². The molecule has 6 heteroatoms. The molecule has 0 N–H and O–H groups in total. The zero-order valence-electron chi connectivity index (χ0n) is 18.3. The number of ether oxygens (including phenoxy) is 2. The Hall–Kier alpha value is -2.08. The SMILES string of the molecule is CCC(=O)N1c2c(OC)cccc2[C@@]23CCN4CCC[C@@](CC(=O)OC)(CC[C@H]12)[C@H]43. The van der Waals surface area contributed by atoms with Gasteiger partial charge in [0.15, 0.2) is 0 Å². The fraction of sp³-hybridized carbons (Fsp3) is 0.667. The number of esters is 1. The normalized spacial score (nSPS) is 34.2. The van der Waals surface area contributed by atoms with Crippen LogP contribution >= 0.6 is 0 Å². The number of para-hydroxylation sites is 1. The highest BCUT2D eigenvalue weighted by Crippen LogP contribution is 2.66. The quantitative estimate of drug-likeness (QED) is 0.711. The van der Waals surface area contributed by atoms with Gasteiger partial charge in [-0.2, -0.15) is 0 Å². The number of carbonyl (C=O) groups excluding carboxylic acids is 2. The van der Waals surface area contributed by atoms with Crippen molar-refractivity contribution in [2.75, 3.05) is 32.2 Å². The second-order valence-corrected chi connectivity index (χ2v) is 9.48. The van der Waals surface area contributed by atoms with E-state index in [0.29, 0.717) is 12.8 Å². The van der Waals surface area contributed by atoms with Crippen LogP contribution in [-0.4, -0.2) is 56.2 Å². The summed E-state index contributed by atoms with van der Waals surface area (Å²) in [5.74, 6) is 0.839. The van der Waals surface area contributed by atoms with Gasteiger partial charge in [-0.25, -0.2) is 0 Å². The smallest absolute Gasteiger partial charge is 0.306 e. The molecule has 0 bridgehead atoms. The molecule has 3 fully saturated rings. The number of benzene rings is 1. The van der Waals surface area contributed by atoms with Crippen LogP contribution in [0.15, 0.2) is 18.2 Å². The van der Waals surface area contributed by atoms with Crippen molar-refractivity contribution in [3.05, 3.63) is 23.8 Å². The molecule has 0 unspecified atom stereocenters. The van der Waals surface area contributed by atoms with E-state index in [1.807, 2.05) is 13.0 Å². The first-order valence-corrected chi connectivity index (χ1v) is 11.3. The van der Waals surface area contributed by atoms with Crippen molar-refractivity contribution in [3.8, 4) is 5.75 Å². The maximum atomic E-state index is 13.2. The number of methoxy groups -OCH3 is 2. The lowest BCUT2D eigenvalue weighted by Crippen LogP contribution is -2.65. The van der Waals surface area contributed by atoms with Crippen LogP contribution in [0.3, 0.4) is 0 Å². The van der Waals surface area contributed by atoms with Gasteiger partial charge in [-0.15, -0.1) is 0 Å². The van der Waals surface area contributed by atoms with Gasteiger partial charge in [-0.05, 0) is 62.2 Å². The Morgan fingerprint density at radius 1 is 1.17 bits per heavy atom. The standard InChI is InChI=1S/C24H32N2O4/c1-4-19(27)26-18-9-11-23(15-20(28)30-3)10-6-13-25-14-12-24(18,22(23)25)16-7-5-8-17(29-2)21(16)26/h5,7-8,18,22H,4,6,9-15H2,1-3H3/t18-,22-,23-,24-/m0/s1. The summed E-state index contributed by atoms with van der Waals surface area (Å²) in [5.41, 5.74) is 2.00. The van der Waals surface area contributed by atoms with Crippen molar-refractivity contribution in [2.45, 2.75) is 69.4 Å². The van der Waals surface area contributed by atoms with Gasteiger partial charge in [-0.1, -0.05) is 19.1 Å². The fourth-order valence-corrected chi connectivity index (χ4v) is 7.55. The Kier molecular flexibility index (Phi) is 4.62. The lowest BCUT2D eigenvalue weighted by atomic mass is 9.52. The van der Waals surface area contributed by atoms with Crippen LogP contribution < -0.4 is 9.64 Å². The molecule has 4 atom stereocenters. The van der Waals surface area contributed by atoms with Crippen molar-refractivity contribution >= 4 is 17.6 Å². The molecule has 0 radical (unpaired) electrons. The third-order valence-electron chi connectivity index (χ3n) is 8.44. The Morgan fingerprint density at radius 2 is 2.00 bits per heavy atom. The molecule has 3 heterocycles. The van der Waals surface area contributed by atoms with E-state index in [1.54, 1.807) is 7.11 Å².